The molecule has 0 saturated carbocycles. The zero-order valence-electron chi connectivity index (χ0n) is 11.8. The second-order valence-electron chi connectivity index (χ2n) is 5.16. The van der Waals surface area contributed by atoms with Gasteiger partial charge in [0.15, 0.2) is 0 Å². The number of halogens is 2. The predicted octanol–water partition coefficient (Wildman–Crippen LogP) is 4.10. The minimum Gasteiger partial charge on any atom is -0.323 e. The highest BCUT2D eigenvalue weighted by Crippen LogP contribution is 2.32. The highest BCUT2D eigenvalue weighted by molar-refractivity contribution is 14.1. The molecular weight excluding hydrogens is 469 g/mol. The largest absolute Gasteiger partial charge is 0.323 e. The van der Waals surface area contributed by atoms with Crippen LogP contribution in [0.25, 0.3) is 5.70 Å². The lowest BCUT2D eigenvalue weighted by Crippen LogP contribution is -2.20. The summed E-state index contributed by atoms with van der Waals surface area (Å²) in [6, 6.07) is 16.5. The normalized spacial score (nSPS) is 16.4. The van der Waals surface area contributed by atoms with Gasteiger partial charge in [0.2, 0.25) is 5.95 Å². The summed E-state index contributed by atoms with van der Waals surface area (Å²) in [4.78, 5) is 0. The van der Waals surface area contributed by atoms with Gasteiger partial charge in [-0.1, -0.05) is 45.3 Å². The lowest BCUT2D eigenvalue weighted by Gasteiger charge is -2.23. The van der Waals surface area contributed by atoms with Crippen LogP contribution in [-0.2, 0) is 0 Å². The molecule has 0 aliphatic carbocycles. The van der Waals surface area contributed by atoms with E-state index in [0.29, 0.717) is 5.95 Å². The average molecular weight is 480 g/mol. The van der Waals surface area contributed by atoms with Crippen molar-refractivity contribution >= 4 is 50.2 Å². The van der Waals surface area contributed by atoms with Gasteiger partial charge in [-0.25, -0.2) is 0 Å². The summed E-state index contributed by atoms with van der Waals surface area (Å²) in [5.74, 6) is 0.647. The van der Waals surface area contributed by atoms with Gasteiger partial charge in [-0.2, -0.15) is 4.68 Å². The standard InChI is InChI=1S/C16H11BrIN5/c17-12-5-1-11(2-6-12)15-9-14(10-3-7-13(18)8-4-10)19-16-20-21-22-23(15)16/h1-9,15H,(H,19,20,22). The van der Waals surface area contributed by atoms with E-state index < -0.39 is 0 Å². The topological polar surface area (TPSA) is 55.6 Å². The van der Waals surface area contributed by atoms with E-state index in [2.05, 4.69) is 102 Å². The molecule has 0 fully saturated rings. The molecule has 7 heteroatoms. The first-order valence-corrected chi connectivity index (χ1v) is 8.86. The van der Waals surface area contributed by atoms with Gasteiger partial charge >= 0.3 is 0 Å². The van der Waals surface area contributed by atoms with Crippen molar-refractivity contribution in [2.75, 3.05) is 5.32 Å². The van der Waals surface area contributed by atoms with Gasteiger partial charge in [-0.05, 0) is 74.5 Å². The molecule has 0 bridgehead atoms. The fourth-order valence-corrected chi connectivity index (χ4v) is 3.17. The molecule has 1 aliphatic heterocycles. The molecule has 1 unspecified atom stereocenters. The minimum absolute atomic E-state index is 0.0383. The third kappa shape index (κ3) is 2.90. The molecule has 5 nitrogen and oxygen atoms in total. The zero-order chi connectivity index (χ0) is 15.8. The molecule has 1 aromatic heterocycles. The van der Waals surface area contributed by atoms with Gasteiger partial charge in [0.1, 0.15) is 6.04 Å². The smallest absolute Gasteiger partial charge is 0.248 e. The molecule has 3 aromatic rings. The number of nitrogens with one attached hydrogen (secondary N) is 1. The molecule has 1 aliphatic rings. The molecule has 0 saturated heterocycles. The number of allylic oxidation sites excluding steroid dienone is 1. The Hall–Kier alpha value is -1.74. The molecule has 114 valence electrons. The highest BCUT2D eigenvalue weighted by Gasteiger charge is 2.24. The van der Waals surface area contributed by atoms with Crippen LogP contribution >= 0.6 is 38.5 Å². The number of aromatic nitrogens is 4. The van der Waals surface area contributed by atoms with E-state index in [1.165, 1.54) is 3.57 Å². The van der Waals surface area contributed by atoms with Gasteiger partial charge in [0, 0.05) is 13.7 Å². The summed E-state index contributed by atoms with van der Waals surface area (Å²) in [6.45, 7) is 0. The maximum Gasteiger partial charge on any atom is 0.248 e. The summed E-state index contributed by atoms with van der Waals surface area (Å²) in [6.07, 6.45) is 2.15. The predicted molar refractivity (Wildman–Crippen MR) is 101 cm³/mol. The summed E-state index contributed by atoms with van der Waals surface area (Å²) in [5, 5.41) is 15.3. The van der Waals surface area contributed by atoms with Crippen LogP contribution in [0.3, 0.4) is 0 Å². The second kappa shape index (κ2) is 6.04. The molecular formula is C16H11BrIN5. The Bertz CT molecular complexity index is 870. The van der Waals surface area contributed by atoms with Crippen LogP contribution in [0.2, 0.25) is 0 Å². The minimum atomic E-state index is -0.0383. The quantitative estimate of drug-likeness (QED) is 0.562. The Balaban J connectivity index is 1.79. The Morgan fingerprint density at radius 2 is 1.78 bits per heavy atom. The lowest BCUT2D eigenvalue weighted by molar-refractivity contribution is 0.586. The van der Waals surface area contributed by atoms with Crippen LogP contribution in [0.15, 0.2) is 59.1 Å². The van der Waals surface area contributed by atoms with E-state index in [0.717, 1.165) is 21.3 Å². The molecule has 0 amide bonds. The van der Waals surface area contributed by atoms with E-state index in [4.69, 9.17) is 0 Å². The van der Waals surface area contributed by atoms with Gasteiger partial charge in [0.05, 0.1) is 0 Å². The first kappa shape index (κ1) is 14.8. The first-order chi connectivity index (χ1) is 11.2. The number of rotatable bonds is 2. The van der Waals surface area contributed by atoms with E-state index in [9.17, 15) is 0 Å². The Morgan fingerprint density at radius 1 is 1.04 bits per heavy atom. The van der Waals surface area contributed by atoms with Crippen molar-refractivity contribution in [1.82, 2.24) is 20.2 Å². The summed E-state index contributed by atoms with van der Waals surface area (Å²) >= 11 is 5.78. The van der Waals surface area contributed by atoms with E-state index in [1.807, 2.05) is 12.1 Å². The van der Waals surface area contributed by atoms with Crippen molar-refractivity contribution < 1.29 is 0 Å². The molecule has 2 heterocycles. The fourth-order valence-electron chi connectivity index (χ4n) is 2.55. The van der Waals surface area contributed by atoms with Gasteiger partial charge in [-0.3, -0.25) is 0 Å². The van der Waals surface area contributed by atoms with E-state index in [-0.39, 0.29) is 6.04 Å². The lowest BCUT2D eigenvalue weighted by atomic mass is 10.0. The fraction of sp³-hybridized carbons (Fsp3) is 0.0625. The van der Waals surface area contributed by atoms with Crippen molar-refractivity contribution in [1.29, 1.82) is 0 Å². The van der Waals surface area contributed by atoms with Crippen LogP contribution in [0, 0.1) is 3.57 Å². The van der Waals surface area contributed by atoms with Crippen molar-refractivity contribution in [3.05, 3.63) is 73.8 Å². The Kier molecular flexibility index (Phi) is 3.90. The number of fused-ring (bicyclic) bond motifs is 1. The Labute approximate surface area is 155 Å². The van der Waals surface area contributed by atoms with Crippen molar-refractivity contribution in [3.63, 3.8) is 0 Å². The third-order valence-electron chi connectivity index (χ3n) is 3.69. The van der Waals surface area contributed by atoms with Crippen LogP contribution in [0.4, 0.5) is 5.95 Å². The van der Waals surface area contributed by atoms with Crippen molar-refractivity contribution in [2.45, 2.75) is 6.04 Å². The maximum atomic E-state index is 4.11. The first-order valence-electron chi connectivity index (χ1n) is 6.99. The molecule has 0 spiro atoms. The van der Waals surface area contributed by atoms with Crippen LogP contribution in [-0.4, -0.2) is 20.2 Å². The molecule has 4 rings (SSSR count). The SMILES string of the molecule is Brc1ccc(C2C=C(c3ccc(I)cc3)Nc3nnnn32)cc1. The molecule has 1 N–H and O–H groups in total. The summed E-state index contributed by atoms with van der Waals surface area (Å²) in [7, 11) is 0. The summed E-state index contributed by atoms with van der Waals surface area (Å²) < 4.78 is 4.05. The highest BCUT2D eigenvalue weighted by atomic mass is 127. The van der Waals surface area contributed by atoms with Crippen LogP contribution in [0.1, 0.15) is 17.2 Å². The molecule has 0 radical (unpaired) electrons. The number of nitrogens with zero attached hydrogens (tertiary/aromatic N) is 4. The van der Waals surface area contributed by atoms with E-state index >= 15 is 0 Å². The van der Waals surface area contributed by atoms with Crippen LogP contribution < -0.4 is 5.32 Å². The van der Waals surface area contributed by atoms with Crippen molar-refractivity contribution in [3.8, 4) is 0 Å². The zero-order valence-corrected chi connectivity index (χ0v) is 15.6. The van der Waals surface area contributed by atoms with Gasteiger partial charge < -0.3 is 5.32 Å². The molecule has 2 aromatic carbocycles. The number of tetrazole rings is 1. The summed E-state index contributed by atoms with van der Waals surface area (Å²) in [5.41, 5.74) is 3.25. The number of hydrogen-bond donors (Lipinski definition) is 1. The monoisotopic (exact) mass is 479 g/mol. The number of hydrogen-bond acceptors (Lipinski definition) is 4. The number of anilines is 1. The van der Waals surface area contributed by atoms with Gasteiger partial charge in [0.25, 0.3) is 0 Å². The Morgan fingerprint density at radius 3 is 2.52 bits per heavy atom. The molecule has 1 atom stereocenters. The van der Waals surface area contributed by atoms with E-state index in [1.54, 1.807) is 4.68 Å². The van der Waals surface area contributed by atoms with Gasteiger partial charge in [-0.15, -0.1) is 0 Å². The molecule has 23 heavy (non-hydrogen) atoms. The third-order valence-corrected chi connectivity index (χ3v) is 4.94. The van der Waals surface area contributed by atoms with Crippen LogP contribution in [0.5, 0.6) is 0 Å². The number of benzene rings is 2. The van der Waals surface area contributed by atoms with Crippen molar-refractivity contribution in [2.24, 2.45) is 0 Å². The maximum absolute atomic E-state index is 4.11. The second-order valence-corrected chi connectivity index (χ2v) is 7.32. The average Bonchev–Trinajstić information content (AvgIpc) is 3.04.